The summed E-state index contributed by atoms with van der Waals surface area (Å²) in [6.07, 6.45) is 0. The zero-order chi connectivity index (χ0) is 15.4. The Morgan fingerprint density at radius 1 is 1.19 bits per heavy atom. The monoisotopic (exact) mass is 311 g/mol. The van der Waals surface area contributed by atoms with Gasteiger partial charge in [-0.1, -0.05) is 17.7 Å². The normalized spacial score (nSPS) is 11.8. The highest BCUT2D eigenvalue weighted by atomic mass is 35.5. The first-order chi connectivity index (χ1) is 10.0. The largest absolute Gasteiger partial charge is 0.467 e. The summed E-state index contributed by atoms with van der Waals surface area (Å²) in [6.45, 7) is 0. The Bertz CT molecular complexity index is 647. The number of ether oxygens (including phenoxy) is 1. The van der Waals surface area contributed by atoms with Crippen LogP contribution in [0, 0.1) is 11.6 Å². The average Bonchev–Trinajstić information content (AvgIpc) is 2.47. The van der Waals surface area contributed by atoms with Gasteiger partial charge in [-0.15, -0.1) is 0 Å². The van der Waals surface area contributed by atoms with Crippen molar-refractivity contribution in [3.8, 4) is 0 Å². The van der Waals surface area contributed by atoms with Gasteiger partial charge in [0.05, 0.1) is 7.11 Å². The SMILES string of the molecule is COC(=O)C(Nc1ccc(F)cc1)c1ccc(Cl)cc1F. The first-order valence-electron chi connectivity index (χ1n) is 6.06. The molecule has 110 valence electrons. The van der Waals surface area contributed by atoms with Gasteiger partial charge in [-0.25, -0.2) is 13.6 Å². The van der Waals surface area contributed by atoms with Crippen molar-refractivity contribution in [2.75, 3.05) is 12.4 Å². The molecule has 1 unspecified atom stereocenters. The van der Waals surface area contributed by atoms with Gasteiger partial charge in [0.25, 0.3) is 0 Å². The lowest BCUT2D eigenvalue weighted by atomic mass is 10.1. The molecule has 0 heterocycles. The van der Waals surface area contributed by atoms with Crippen LogP contribution in [0.5, 0.6) is 0 Å². The molecule has 0 aliphatic rings. The maximum atomic E-state index is 14.0. The number of nitrogens with one attached hydrogen (secondary N) is 1. The van der Waals surface area contributed by atoms with Gasteiger partial charge in [0.1, 0.15) is 11.6 Å². The molecule has 0 aliphatic carbocycles. The van der Waals surface area contributed by atoms with E-state index < -0.39 is 23.6 Å². The van der Waals surface area contributed by atoms with E-state index in [4.69, 9.17) is 11.6 Å². The quantitative estimate of drug-likeness (QED) is 0.869. The molecular weight excluding hydrogens is 300 g/mol. The molecule has 0 saturated carbocycles. The first kappa shape index (κ1) is 15.3. The average molecular weight is 312 g/mol. The van der Waals surface area contributed by atoms with E-state index in [9.17, 15) is 13.6 Å². The number of hydrogen-bond acceptors (Lipinski definition) is 3. The molecule has 6 heteroatoms. The molecule has 0 bridgehead atoms. The van der Waals surface area contributed by atoms with Gasteiger partial charge in [-0.2, -0.15) is 0 Å². The van der Waals surface area contributed by atoms with Crippen molar-refractivity contribution in [2.45, 2.75) is 6.04 Å². The van der Waals surface area contributed by atoms with E-state index in [0.717, 1.165) is 6.07 Å². The number of hydrogen-bond donors (Lipinski definition) is 1. The third-order valence-electron chi connectivity index (χ3n) is 2.87. The van der Waals surface area contributed by atoms with Crippen LogP contribution in [0.4, 0.5) is 14.5 Å². The molecule has 2 aromatic rings. The molecule has 0 spiro atoms. The van der Waals surface area contributed by atoms with Crippen LogP contribution >= 0.6 is 11.6 Å². The van der Waals surface area contributed by atoms with Crippen molar-refractivity contribution < 1.29 is 18.3 Å². The van der Waals surface area contributed by atoms with Crippen molar-refractivity contribution in [1.29, 1.82) is 0 Å². The van der Waals surface area contributed by atoms with Crippen molar-refractivity contribution in [3.05, 3.63) is 64.7 Å². The van der Waals surface area contributed by atoms with Crippen LogP contribution in [0.15, 0.2) is 42.5 Å². The summed E-state index contributed by atoms with van der Waals surface area (Å²) in [5.74, 6) is -1.71. The maximum absolute atomic E-state index is 14.0. The highest BCUT2D eigenvalue weighted by Crippen LogP contribution is 2.25. The minimum absolute atomic E-state index is 0.0931. The predicted octanol–water partition coefficient (Wildman–Crippen LogP) is 3.94. The zero-order valence-electron chi connectivity index (χ0n) is 11.1. The molecule has 0 aromatic heterocycles. The Morgan fingerprint density at radius 3 is 2.43 bits per heavy atom. The topological polar surface area (TPSA) is 38.3 Å². The molecule has 3 nitrogen and oxygen atoms in total. The Hall–Kier alpha value is -2.14. The van der Waals surface area contributed by atoms with Crippen LogP contribution in [0.1, 0.15) is 11.6 Å². The van der Waals surface area contributed by atoms with Crippen LogP contribution < -0.4 is 5.32 Å². The third-order valence-corrected chi connectivity index (χ3v) is 3.10. The fraction of sp³-hybridized carbons (Fsp3) is 0.133. The van der Waals surface area contributed by atoms with Crippen LogP contribution in [0.2, 0.25) is 5.02 Å². The van der Waals surface area contributed by atoms with Crippen molar-refractivity contribution in [3.63, 3.8) is 0 Å². The number of methoxy groups -OCH3 is 1. The predicted molar refractivity (Wildman–Crippen MR) is 76.2 cm³/mol. The fourth-order valence-electron chi connectivity index (χ4n) is 1.83. The molecule has 2 aromatic carbocycles. The lowest BCUT2D eigenvalue weighted by Crippen LogP contribution is -2.23. The van der Waals surface area contributed by atoms with Gasteiger partial charge >= 0.3 is 5.97 Å². The molecule has 21 heavy (non-hydrogen) atoms. The Labute approximate surface area is 125 Å². The van der Waals surface area contributed by atoms with E-state index in [1.54, 1.807) is 0 Å². The highest BCUT2D eigenvalue weighted by molar-refractivity contribution is 6.30. The van der Waals surface area contributed by atoms with Crippen molar-refractivity contribution in [1.82, 2.24) is 0 Å². The molecule has 0 fully saturated rings. The van der Waals surface area contributed by atoms with Gasteiger partial charge in [-0.3, -0.25) is 0 Å². The van der Waals surface area contributed by atoms with Crippen LogP contribution in [0.3, 0.4) is 0 Å². The Kier molecular flexibility index (Phi) is 4.75. The number of rotatable bonds is 4. The summed E-state index contributed by atoms with van der Waals surface area (Å²) in [6, 6.07) is 8.27. The molecule has 2 rings (SSSR count). The van der Waals surface area contributed by atoms with E-state index in [2.05, 4.69) is 10.1 Å². The number of anilines is 1. The number of halogens is 3. The smallest absolute Gasteiger partial charge is 0.333 e. The van der Waals surface area contributed by atoms with E-state index in [1.165, 1.54) is 43.5 Å². The second-order valence-corrected chi connectivity index (χ2v) is 4.71. The molecule has 0 aliphatic heterocycles. The van der Waals surface area contributed by atoms with Gasteiger partial charge in [0.15, 0.2) is 6.04 Å². The molecule has 1 N–H and O–H groups in total. The van der Waals surface area contributed by atoms with Gasteiger partial charge < -0.3 is 10.1 Å². The zero-order valence-corrected chi connectivity index (χ0v) is 11.8. The summed E-state index contributed by atoms with van der Waals surface area (Å²) in [5.41, 5.74) is 0.553. The fourth-order valence-corrected chi connectivity index (χ4v) is 1.99. The Morgan fingerprint density at radius 2 is 1.86 bits per heavy atom. The number of esters is 1. The summed E-state index contributed by atoms with van der Waals surface area (Å²) in [7, 11) is 1.20. The lowest BCUT2D eigenvalue weighted by molar-refractivity contribution is -0.141. The van der Waals surface area contributed by atoms with Gasteiger partial charge in [0.2, 0.25) is 0 Å². The second-order valence-electron chi connectivity index (χ2n) is 4.27. The number of benzene rings is 2. The number of carbonyl (C=O) groups is 1. The van der Waals surface area contributed by atoms with Crippen LogP contribution in [0.25, 0.3) is 0 Å². The third kappa shape index (κ3) is 3.70. The van der Waals surface area contributed by atoms with Gasteiger partial charge in [0, 0.05) is 16.3 Å². The van der Waals surface area contributed by atoms with Crippen molar-refractivity contribution >= 4 is 23.3 Å². The highest BCUT2D eigenvalue weighted by Gasteiger charge is 2.24. The maximum Gasteiger partial charge on any atom is 0.333 e. The van der Waals surface area contributed by atoms with E-state index in [-0.39, 0.29) is 10.6 Å². The molecule has 0 radical (unpaired) electrons. The van der Waals surface area contributed by atoms with Crippen molar-refractivity contribution in [2.24, 2.45) is 0 Å². The van der Waals surface area contributed by atoms with Gasteiger partial charge in [-0.05, 0) is 36.4 Å². The summed E-state index contributed by atoms with van der Waals surface area (Å²) >= 11 is 5.69. The molecule has 1 atom stereocenters. The summed E-state index contributed by atoms with van der Waals surface area (Å²) in [5, 5.41) is 3.03. The minimum atomic E-state index is -1.06. The minimum Gasteiger partial charge on any atom is -0.467 e. The van der Waals surface area contributed by atoms with E-state index >= 15 is 0 Å². The second kappa shape index (κ2) is 6.54. The first-order valence-corrected chi connectivity index (χ1v) is 6.44. The molecule has 0 amide bonds. The standard InChI is InChI=1S/C15H12ClF2NO2/c1-21-15(20)14(12-7-2-9(16)8-13(12)18)19-11-5-3-10(17)4-6-11/h2-8,14,19H,1H3. The van der Waals surface area contributed by atoms with E-state index in [1.807, 2.05) is 0 Å². The van der Waals surface area contributed by atoms with E-state index in [0.29, 0.717) is 5.69 Å². The summed E-state index contributed by atoms with van der Waals surface area (Å²) < 4.78 is 31.5. The van der Waals surface area contributed by atoms with Crippen LogP contribution in [-0.2, 0) is 9.53 Å². The number of carbonyl (C=O) groups excluding carboxylic acids is 1. The van der Waals surface area contributed by atoms with Crippen LogP contribution in [-0.4, -0.2) is 13.1 Å². The Balaban J connectivity index is 2.34. The summed E-state index contributed by atoms with van der Waals surface area (Å²) in [4.78, 5) is 11.9. The molecule has 0 saturated heterocycles. The molecular formula is C15H12ClF2NO2. The lowest BCUT2D eigenvalue weighted by Gasteiger charge is -2.18.